The highest BCUT2D eigenvalue weighted by molar-refractivity contribution is 6.32. The molecular formula is C13H12ClN3O3. The maximum Gasteiger partial charge on any atom is 0.285 e. The van der Waals surface area contributed by atoms with Crippen molar-refractivity contribution in [1.29, 1.82) is 0 Å². The minimum Gasteiger partial charge on any atom is -0.486 e. The number of benzene rings is 1. The Bertz CT molecular complexity index is 674. The Morgan fingerprint density at radius 2 is 2.20 bits per heavy atom. The second-order valence-electron chi connectivity index (χ2n) is 4.31. The SMILES string of the molecule is O=c1[nH]ncc(NCC2COc3ccccc3O2)c1Cl. The number of aromatic amines is 1. The molecule has 0 radical (unpaired) electrons. The van der Waals surface area contributed by atoms with Crippen LogP contribution in [-0.4, -0.2) is 29.5 Å². The molecule has 1 atom stereocenters. The second kappa shape index (κ2) is 5.42. The Labute approximate surface area is 119 Å². The molecule has 6 nitrogen and oxygen atoms in total. The van der Waals surface area contributed by atoms with Gasteiger partial charge in [-0.1, -0.05) is 23.7 Å². The summed E-state index contributed by atoms with van der Waals surface area (Å²) in [5.41, 5.74) is 0.0423. The summed E-state index contributed by atoms with van der Waals surface area (Å²) in [6, 6.07) is 7.48. The molecule has 1 aliphatic heterocycles. The van der Waals surface area contributed by atoms with Crippen molar-refractivity contribution in [3.8, 4) is 11.5 Å². The fourth-order valence-electron chi connectivity index (χ4n) is 1.89. The lowest BCUT2D eigenvalue weighted by Gasteiger charge is -2.26. The first-order valence-corrected chi connectivity index (χ1v) is 6.47. The number of fused-ring (bicyclic) bond motifs is 1. The standard InChI is InChI=1S/C13H12ClN3O3/c14-12-9(6-16-17-13(12)18)15-5-8-7-19-10-3-1-2-4-11(10)20-8/h1-4,6,8H,5,7H2,(H2,15,17,18). The van der Waals surface area contributed by atoms with Gasteiger partial charge in [-0.2, -0.15) is 5.10 Å². The summed E-state index contributed by atoms with van der Waals surface area (Å²) in [6.45, 7) is 0.886. The van der Waals surface area contributed by atoms with Crippen LogP contribution >= 0.6 is 11.6 Å². The molecule has 1 aromatic heterocycles. The molecule has 0 aliphatic carbocycles. The first kappa shape index (κ1) is 12.8. The highest BCUT2D eigenvalue weighted by Gasteiger charge is 2.20. The van der Waals surface area contributed by atoms with E-state index in [4.69, 9.17) is 21.1 Å². The van der Waals surface area contributed by atoms with E-state index in [0.717, 1.165) is 5.75 Å². The summed E-state index contributed by atoms with van der Waals surface area (Å²) in [6.07, 6.45) is 1.29. The summed E-state index contributed by atoms with van der Waals surface area (Å²) >= 11 is 5.87. The van der Waals surface area contributed by atoms with Gasteiger partial charge in [0.15, 0.2) is 11.5 Å². The topological polar surface area (TPSA) is 76.2 Å². The number of nitrogens with one attached hydrogen (secondary N) is 2. The van der Waals surface area contributed by atoms with Crippen LogP contribution in [0.4, 0.5) is 5.69 Å². The molecule has 0 bridgehead atoms. The van der Waals surface area contributed by atoms with Crippen LogP contribution in [0.1, 0.15) is 0 Å². The zero-order valence-corrected chi connectivity index (χ0v) is 11.2. The highest BCUT2D eigenvalue weighted by Crippen LogP contribution is 2.30. The van der Waals surface area contributed by atoms with E-state index in [1.807, 2.05) is 24.3 Å². The van der Waals surface area contributed by atoms with Gasteiger partial charge in [0.25, 0.3) is 5.56 Å². The summed E-state index contributed by atoms with van der Waals surface area (Å²) in [7, 11) is 0. The van der Waals surface area contributed by atoms with Gasteiger partial charge in [0.1, 0.15) is 17.7 Å². The Kier molecular flexibility index (Phi) is 3.47. The zero-order valence-electron chi connectivity index (χ0n) is 10.4. The summed E-state index contributed by atoms with van der Waals surface area (Å²) in [5.74, 6) is 1.44. The van der Waals surface area contributed by atoms with E-state index >= 15 is 0 Å². The van der Waals surface area contributed by atoms with Crippen LogP contribution in [0.15, 0.2) is 35.3 Å². The van der Waals surface area contributed by atoms with Gasteiger partial charge in [-0.3, -0.25) is 4.79 Å². The number of hydrogen-bond donors (Lipinski definition) is 2. The molecule has 0 fully saturated rings. The van der Waals surface area contributed by atoms with Crippen LogP contribution in [0.2, 0.25) is 5.02 Å². The van der Waals surface area contributed by atoms with Crippen LogP contribution in [-0.2, 0) is 0 Å². The molecule has 2 aromatic rings. The van der Waals surface area contributed by atoms with Crippen LogP contribution < -0.4 is 20.3 Å². The average Bonchev–Trinajstić information content (AvgIpc) is 2.48. The molecule has 2 heterocycles. The van der Waals surface area contributed by atoms with Gasteiger partial charge >= 0.3 is 0 Å². The number of halogens is 1. The third-order valence-corrected chi connectivity index (χ3v) is 3.26. The van der Waals surface area contributed by atoms with Gasteiger partial charge in [0.2, 0.25) is 0 Å². The second-order valence-corrected chi connectivity index (χ2v) is 4.68. The van der Waals surface area contributed by atoms with Gasteiger partial charge < -0.3 is 14.8 Å². The predicted molar refractivity (Wildman–Crippen MR) is 74.7 cm³/mol. The van der Waals surface area contributed by atoms with Gasteiger partial charge in [-0.25, -0.2) is 5.10 Å². The fraction of sp³-hybridized carbons (Fsp3) is 0.231. The first-order chi connectivity index (χ1) is 9.74. The fourth-order valence-corrected chi connectivity index (χ4v) is 2.05. The molecule has 1 aromatic carbocycles. The number of ether oxygens (including phenoxy) is 2. The van der Waals surface area contributed by atoms with E-state index in [-0.39, 0.29) is 11.1 Å². The number of para-hydroxylation sites is 2. The van der Waals surface area contributed by atoms with Crippen LogP contribution in [0.5, 0.6) is 11.5 Å². The van der Waals surface area contributed by atoms with Crippen LogP contribution in [0.3, 0.4) is 0 Å². The lowest BCUT2D eigenvalue weighted by molar-refractivity contribution is 0.0997. The minimum absolute atomic E-state index is 0.0807. The zero-order chi connectivity index (χ0) is 13.9. The third kappa shape index (κ3) is 2.55. The molecule has 1 aliphatic rings. The molecule has 0 spiro atoms. The Morgan fingerprint density at radius 3 is 3.05 bits per heavy atom. The van der Waals surface area contributed by atoms with Crippen molar-refractivity contribution in [2.24, 2.45) is 0 Å². The lowest BCUT2D eigenvalue weighted by Crippen LogP contribution is -2.35. The average molecular weight is 294 g/mol. The number of aromatic nitrogens is 2. The van der Waals surface area contributed by atoms with E-state index in [1.165, 1.54) is 6.20 Å². The Morgan fingerprint density at radius 1 is 1.40 bits per heavy atom. The number of nitrogens with zero attached hydrogens (tertiary/aromatic N) is 1. The highest BCUT2D eigenvalue weighted by atomic mass is 35.5. The van der Waals surface area contributed by atoms with Gasteiger partial charge in [-0.15, -0.1) is 0 Å². The molecule has 104 valence electrons. The molecule has 1 unspecified atom stereocenters. The van der Waals surface area contributed by atoms with Crippen molar-refractivity contribution in [1.82, 2.24) is 10.2 Å². The van der Waals surface area contributed by atoms with Crippen molar-refractivity contribution < 1.29 is 9.47 Å². The largest absolute Gasteiger partial charge is 0.486 e. The van der Waals surface area contributed by atoms with Crippen molar-refractivity contribution in [3.05, 3.63) is 45.8 Å². The van der Waals surface area contributed by atoms with E-state index in [0.29, 0.717) is 24.6 Å². The van der Waals surface area contributed by atoms with E-state index < -0.39 is 5.56 Å². The molecule has 20 heavy (non-hydrogen) atoms. The van der Waals surface area contributed by atoms with Crippen molar-refractivity contribution in [2.45, 2.75) is 6.10 Å². The van der Waals surface area contributed by atoms with Crippen molar-refractivity contribution in [3.63, 3.8) is 0 Å². The smallest absolute Gasteiger partial charge is 0.285 e. The molecule has 0 saturated carbocycles. The summed E-state index contributed by atoms with van der Waals surface area (Å²) < 4.78 is 11.4. The van der Waals surface area contributed by atoms with Gasteiger partial charge in [0.05, 0.1) is 18.4 Å². The maximum absolute atomic E-state index is 11.3. The van der Waals surface area contributed by atoms with Crippen molar-refractivity contribution in [2.75, 3.05) is 18.5 Å². The number of anilines is 1. The monoisotopic (exact) mass is 293 g/mol. The van der Waals surface area contributed by atoms with Gasteiger partial charge in [0, 0.05) is 0 Å². The molecule has 7 heteroatoms. The quantitative estimate of drug-likeness (QED) is 0.900. The Balaban J connectivity index is 1.66. The minimum atomic E-state index is -0.428. The predicted octanol–water partition coefficient (Wildman–Crippen LogP) is 1.68. The number of rotatable bonds is 3. The molecule has 0 amide bonds. The summed E-state index contributed by atoms with van der Waals surface area (Å²) in [5, 5.41) is 9.06. The molecular weight excluding hydrogens is 282 g/mol. The molecule has 2 N–H and O–H groups in total. The van der Waals surface area contributed by atoms with E-state index in [9.17, 15) is 4.79 Å². The van der Waals surface area contributed by atoms with Crippen molar-refractivity contribution >= 4 is 17.3 Å². The normalized spacial score (nSPS) is 16.8. The number of hydrogen-bond acceptors (Lipinski definition) is 5. The van der Waals surface area contributed by atoms with E-state index in [2.05, 4.69) is 15.5 Å². The van der Waals surface area contributed by atoms with E-state index in [1.54, 1.807) is 0 Å². The lowest BCUT2D eigenvalue weighted by atomic mass is 10.2. The molecule has 3 rings (SSSR count). The third-order valence-electron chi connectivity index (χ3n) is 2.88. The Hall–Kier alpha value is -2.21. The summed E-state index contributed by atoms with van der Waals surface area (Å²) in [4.78, 5) is 11.3. The molecule has 0 saturated heterocycles. The first-order valence-electron chi connectivity index (χ1n) is 6.09. The number of H-pyrrole nitrogens is 1. The maximum atomic E-state index is 11.3. The van der Waals surface area contributed by atoms with Crippen LogP contribution in [0.25, 0.3) is 0 Å². The van der Waals surface area contributed by atoms with Gasteiger partial charge in [-0.05, 0) is 12.1 Å². The van der Waals surface area contributed by atoms with Crippen LogP contribution in [0, 0.1) is 0 Å².